The van der Waals surface area contributed by atoms with E-state index in [2.05, 4.69) is 6.92 Å². The van der Waals surface area contributed by atoms with Crippen molar-refractivity contribution in [2.75, 3.05) is 19.1 Å². The molecule has 1 unspecified atom stereocenters. The van der Waals surface area contributed by atoms with E-state index in [1.54, 1.807) is 0 Å². The van der Waals surface area contributed by atoms with Gasteiger partial charge in [-0.05, 0) is 12.8 Å². The molecule has 27 heavy (non-hydrogen) atoms. The zero-order valence-electron chi connectivity index (χ0n) is 16.0. The molecule has 0 heterocycles. The predicted octanol–water partition coefficient (Wildman–Crippen LogP) is 7.85. The molecule has 0 aliphatic carbocycles. The molecule has 2 rings (SSSR count). The summed E-state index contributed by atoms with van der Waals surface area (Å²) in [6.45, 7) is 3.30. The Kier molecular flexibility index (Phi) is 10.5. The summed E-state index contributed by atoms with van der Waals surface area (Å²) in [6, 6.07) is 9.82. The minimum Gasteiger partial charge on any atom is -0.491 e. The molecule has 2 aromatic rings. The lowest BCUT2D eigenvalue weighted by Gasteiger charge is -2.16. The van der Waals surface area contributed by atoms with Gasteiger partial charge in [0.05, 0.1) is 17.0 Å². The van der Waals surface area contributed by atoms with Crippen molar-refractivity contribution < 1.29 is 9.47 Å². The minimum absolute atomic E-state index is 0.122. The van der Waals surface area contributed by atoms with E-state index in [-0.39, 0.29) is 5.38 Å². The molecule has 0 N–H and O–H groups in total. The second-order valence-electron chi connectivity index (χ2n) is 6.73. The SMILES string of the molecule is CCCCCCCCOc1c(Cl)cc(OCC(Cl)CCCl)c2ccccc12. The Balaban J connectivity index is 2.03. The largest absolute Gasteiger partial charge is 0.491 e. The van der Waals surface area contributed by atoms with Crippen LogP contribution in [0, 0.1) is 0 Å². The number of halogens is 3. The average Bonchev–Trinajstić information content (AvgIpc) is 2.67. The van der Waals surface area contributed by atoms with E-state index < -0.39 is 0 Å². The van der Waals surface area contributed by atoms with E-state index in [1.165, 1.54) is 32.1 Å². The van der Waals surface area contributed by atoms with Gasteiger partial charge in [0.15, 0.2) is 0 Å². The maximum Gasteiger partial charge on any atom is 0.145 e. The van der Waals surface area contributed by atoms with Gasteiger partial charge in [0, 0.05) is 22.7 Å². The quantitative estimate of drug-likeness (QED) is 0.237. The van der Waals surface area contributed by atoms with Crippen molar-refractivity contribution in [3.8, 4) is 11.5 Å². The zero-order valence-corrected chi connectivity index (χ0v) is 18.3. The molecule has 5 heteroatoms. The Morgan fingerprint density at radius 2 is 1.67 bits per heavy atom. The summed E-state index contributed by atoms with van der Waals surface area (Å²) < 4.78 is 12.0. The van der Waals surface area contributed by atoms with Crippen molar-refractivity contribution in [1.29, 1.82) is 0 Å². The van der Waals surface area contributed by atoms with Gasteiger partial charge in [-0.1, -0.05) is 74.9 Å². The first-order chi connectivity index (χ1) is 13.2. The lowest BCUT2D eigenvalue weighted by Crippen LogP contribution is -2.12. The molecule has 0 radical (unpaired) electrons. The minimum atomic E-state index is -0.122. The van der Waals surface area contributed by atoms with E-state index >= 15 is 0 Å². The van der Waals surface area contributed by atoms with Crippen molar-refractivity contribution in [1.82, 2.24) is 0 Å². The maximum absolute atomic E-state index is 6.51. The Labute approximate surface area is 178 Å². The highest BCUT2D eigenvalue weighted by atomic mass is 35.5. The molecule has 0 aromatic heterocycles. The topological polar surface area (TPSA) is 18.5 Å². The monoisotopic (exact) mass is 430 g/mol. The van der Waals surface area contributed by atoms with Crippen LogP contribution in [0.1, 0.15) is 51.9 Å². The van der Waals surface area contributed by atoms with E-state index in [9.17, 15) is 0 Å². The van der Waals surface area contributed by atoms with Crippen molar-refractivity contribution in [3.05, 3.63) is 35.4 Å². The summed E-state index contributed by atoms with van der Waals surface area (Å²) in [5, 5.41) is 2.39. The number of rotatable bonds is 13. The number of hydrogen-bond acceptors (Lipinski definition) is 2. The third-order valence-corrected chi connectivity index (χ3v) is 5.34. The summed E-state index contributed by atoms with van der Waals surface area (Å²) in [5.41, 5.74) is 0. The molecular formula is C22H29Cl3O2. The van der Waals surface area contributed by atoms with Crippen LogP contribution in [0.3, 0.4) is 0 Å². The summed E-state index contributed by atoms with van der Waals surface area (Å²) >= 11 is 18.5. The number of fused-ring (bicyclic) bond motifs is 1. The number of unbranched alkanes of at least 4 members (excludes halogenated alkanes) is 5. The summed E-state index contributed by atoms with van der Waals surface area (Å²) in [5.74, 6) is 1.98. The molecule has 0 aliphatic heterocycles. The number of alkyl halides is 2. The smallest absolute Gasteiger partial charge is 0.145 e. The summed E-state index contributed by atoms with van der Waals surface area (Å²) in [6.07, 6.45) is 8.08. The van der Waals surface area contributed by atoms with Gasteiger partial charge in [0.1, 0.15) is 18.1 Å². The fraction of sp³-hybridized carbons (Fsp3) is 0.545. The predicted molar refractivity (Wildman–Crippen MR) is 118 cm³/mol. The van der Waals surface area contributed by atoms with E-state index in [4.69, 9.17) is 44.3 Å². The zero-order chi connectivity index (χ0) is 19.5. The highest BCUT2D eigenvalue weighted by molar-refractivity contribution is 6.33. The standard InChI is InChI=1S/C22H29Cl3O2/c1-2-3-4-5-6-9-14-26-22-19-11-8-7-10-18(19)21(15-20(22)25)27-16-17(24)12-13-23/h7-8,10-11,15,17H,2-6,9,12-14,16H2,1H3. The third-order valence-electron chi connectivity index (χ3n) is 4.50. The number of benzene rings is 2. The Bertz CT molecular complexity index is 691. The molecule has 0 fully saturated rings. The number of ether oxygens (including phenoxy) is 2. The summed E-state index contributed by atoms with van der Waals surface area (Å²) in [7, 11) is 0. The first-order valence-electron chi connectivity index (χ1n) is 9.84. The normalized spacial score (nSPS) is 12.3. The molecular weight excluding hydrogens is 403 g/mol. The summed E-state index contributed by atoms with van der Waals surface area (Å²) in [4.78, 5) is 0. The van der Waals surface area contributed by atoms with Crippen LogP contribution in [-0.4, -0.2) is 24.5 Å². The molecule has 0 saturated heterocycles. The average molecular weight is 432 g/mol. The molecule has 0 amide bonds. The van der Waals surface area contributed by atoms with Gasteiger partial charge < -0.3 is 9.47 Å². The van der Waals surface area contributed by atoms with Gasteiger partial charge >= 0.3 is 0 Å². The Morgan fingerprint density at radius 1 is 0.963 bits per heavy atom. The van der Waals surface area contributed by atoms with Crippen molar-refractivity contribution in [2.24, 2.45) is 0 Å². The highest BCUT2D eigenvalue weighted by Gasteiger charge is 2.14. The van der Waals surface area contributed by atoms with Crippen LogP contribution in [0.2, 0.25) is 5.02 Å². The molecule has 0 saturated carbocycles. The lowest BCUT2D eigenvalue weighted by molar-refractivity contribution is 0.304. The second kappa shape index (κ2) is 12.6. The molecule has 150 valence electrons. The first-order valence-corrected chi connectivity index (χ1v) is 11.2. The van der Waals surface area contributed by atoms with Crippen molar-refractivity contribution in [2.45, 2.75) is 57.2 Å². The van der Waals surface area contributed by atoms with E-state index in [1.807, 2.05) is 30.3 Å². The highest BCUT2D eigenvalue weighted by Crippen LogP contribution is 2.40. The third kappa shape index (κ3) is 7.25. The lowest BCUT2D eigenvalue weighted by atomic mass is 10.1. The van der Waals surface area contributed by atoms with E-state index in [0.717, 1.165) is 28.7 Å². The fourth-order valence-electron chi connectivity index (χ4n) is 2.99. The van der Waals surface area contributed by atoms with E-state index in [0.29, 0.717) is 30.5 Å². The van der Waals surface area contributed by atoms with Gasteiger partial charge in [0.25, 0.3) is 0 Å². The van der Waals surface area contributed by atoms with Gasteiger partial charge in [-0.25, -0.2) is 0 Å². The van der Waals surface area contributed by atoms with Crippen LogP contribution < -0.4 is 9.47 Å². The van der Waals surface area contributed by atoms with Crippen molar-refractivity contribution >= 4 is 45.6 Å². The molecule has 2 nitrogen and oxygen atoms in total. The molecule has 0 spiro atoms. The molecule has 2 aromatic carbocycles. The molecule has 0 aliphatic rings. The Morgan fingerprint density at radius 3 is 2.41 bits per heavy atom. The van der Waals surface area contributed by atoms with Gasteiger partial charge in [0.2, 0.25) is 0 Å². The van der Waals surface area contributed by atoms with Gasteiger partial charge in [-0.15, -0.1) is 23.2 Å². The maximum atomic E-state index is 6.51. The van der Waals surface area contributed by atoms with Crippen LogP contribution in [-0.2, 0) is 0 Å². The van der Waals surface area contributed by atoms with Crippen LogP contribution >= 0.6 is 34.8 Å². The Hall–Kier alpha value is -0.830. The van der Waals surface area contributed by atoms with Crippen LogP contribution in [0.4, 0.5) is 0 Å². The van der Waals surface area contributed by atoms with Gasteiger partial charge in [-0.3, -0.25) is 0 Å². The molecule has 1 atom stereocenters. The van der Waals surface area contributed by atoms with Crippen LogP contribution in [0.25, 0.3) is 10.8 Å². The fourth-order valence-corrected chi connectivity index (χ4v) is 3.79. The van der Waals surface area contributed by atoms with Crippen LogP contribution in [0.5, 0.6) is 11.5 Å². The molecule has 0 bridgehead atoms. The first kappa shape index (κ1) is 22.5. The van der Waals surface area contributed by atoms with Crippen molar-refractivity contribution in [3.63, 3.8) is 0 Å². The second-order valence-corrected chi connectivity index (χ2v) is 8.14. The van der Waals surface area contributed by atoms with Crippen LogP contribution in [0.15, 0.2) is 30.3 Å². The van der Waals surface area contributed by atoms with Gasteiger partial charge in [-0.2, -0.15) is 0 Å². The number of hydrogen-bond donors (Lipinski definition) is 0.